The van der Waals surface area contributed by atoms with Crippen LogP contribution in [0, 0.1) is 12.7 Å². The Kier molecular flexibility index (Phi) is 5.46. The van der Waals surface area contributed by atoms with Crippen LogP contribution in [-0.4, -0.2) is 34.6 Å². The van der Waals surface area contributed by atoms with Gasteiger partial charge in [-0.2, -0.15) is 0 Å². The summed E-state index contributed by atoms with van der Waals surface area (Å²) in [6, 6.07) is 12.5. The monoisotopic (exact) mass is 400 g/mol. The molecule has 1 saturated heterocycles. The molecule has 1 fully saturated rings. The van der Waals surface area contributed by atoms with Crippen LogP contribution in [0.1, 0.15) is 36.1 Å². The van der Waals surface area contributed by atoms with Crippen LogP contribution < -0.4 is 0 Å². The van der Waals surface area contributed by atoms with Gasteiger partial charge in [-0.15, -0.1) is 0 Å². The second kappa shape index (κ2) is 7.86. The van der Waals surface area contributed by atoms with E-state index in [0.717, 1.165) is 67.5 Å². The van der Waals surface area contributed by atoms with Crippen molar-refractivity contribution in [2.75, 3.05) is 19.6 Å². The maximum Gasteiger partial charge on any atom is 0.123 e. The average molecular weight is 401 g/mol. The van der Waals surface area contributed by atoms with E-state index in [9.17, 15) is 9.50 Å². The predicted octanol–water partition coefficient (Wildman–Crippen LogP) is 5.19. The third kappa shape index (κ3) is 3.95. The zero-order chi connectivity index (χ0) is 19.7. The van der Waals surface area contributed by atoms with Crippen LogP contribution in [0.25, 0.3) is 10.9 Å². The molecule has 0 spiro atoms. The van der Waals surface area contributed by atoms with Crippen molar-refractivity contribution in [1.82, 2.24) is 9.88 Å². The number of aryl methyl sites for hydroxylation is 2. The molecule has 0 bridgehead atoms. The number of piperidine rings is 1. The number of hydrogen-bond acceptors (Lipinski definition) is 2. The van der Waals surface area contributed by atoms with Gasteiger partial charge in [-0.25, -0.2) is 4.39 Å². The Labute approximate surface area is 170 Å². The van der Waals surface area contributed by atoms with E-state index < -0.39 is 5.60 Å². The van der Waals surface area contributed by atoms with Gasteiger partial charge in [0, 0.05) is 34.7 Å². The Morgan fingerprint density at radius 1 is 1.14 bits per heavy atom. The van der Waals surface area contributed by atoms with E-state index in [0.29, 0.717) is 5.02 Å². The summed E-state index contributed by atoms with van der Waals surface area (Å²) < 4.78 is 13.6. The summed E-state index contributed by atoms with van der Waals surface area (Å²) >= 11 is 5.96. The normalized spacial score (nSPS) is 17.3. The molecule has 1 aliphatic heterocycles. The van der Waals surface area contributed by atoms with Crippen LogP contribution in [0.2, 0.25) is 5.02 Å². The first kappa shape index (κ1) is 19.4. The molecule has 2 aromatic carbocycles. The van der Waals surface area contributed by atoms with Crippen LogP contribution in [0.4, 0.5) is 4.39 Å². The molecule has 1 aliphatic rings. The van der Waals surface area contributed by atoms with E-state index in [2.05, 4.69) is 16.8 Å². The minimum Gasteiger partial charge on any atom is -0.385 e. The molecular weight excluding hydrogens is 375 g/mol. The SMILES string of the molecule is Cc1[nH]c2ccc(F)cc2c1CCCN1CCC(O)(c2ccc(Cl)cc2)CC1. The Morgan fingerprint density at radius 2 is 1.86 bits per heavy atom. The molecule has 2 heterocycles. The second-order valence-electron chi connectivity index (χ2n) is 7.90. The molecule has 0 unspecified atom stereocenters. The summed E-state index contributed by atoms with van der Waals surface area (Å²) in [6.07, 6.45) is 3.40. The van der Waals surface area contributed by atoms with Crippen LogP contribution in [0.5, 0.6) is 0 Å². The molecule has 0 saturated carbocycles. The minimum absolute atomic E-state index is 0.190. The lowest BCUT2D eigenvalue weighted by atomic mass is 9.84. The molecule has 4 rings (SSSR count). The van der Waals surface area contributed by atoms with Gasteiger partial charge in [0.2, 0.25) is 0 Å². The van der Waals surface area contributed by atoms with E-state index in [-0.39, 0.29) is 5.82 Å². The number of aliphatic hydroxyl groups is 1. The van der Waals surface area contributed by atoms with Crippen molar-refractivity contribution >= 4 is 22.5 Å². The molecule has 28 heavy (non-hydrogen) atoms. The van der Waals surface area contributed by atoms with Crippen molar-refractivity contribution < 1.29 is 9.50 Å². The number of benzene rings is 2. The molecule has 3 nitrogen and oxygen atoms in total. The Bertz CT molecular complexity index is 959. The molecule has 5 heteroatoms. The quantitative estimate of drug-likeness (QED) is 0.619. The first-order chi connectivity index (χ1) is 13.4. The van der Waals surface area contributed by atoms with Crippen molar-refractivity contribution in [1.29, 1.82) is 0 Å². The number of halogens is 2. The van der Waals surface area contributed by atoms with Crippen LogP contribution >= 0.6 is 11.6 Å². The molecule has 0 radical (unpaired) electrons. The Balaban J connectivity index is 1.33. The van der Waals surface area contributed by atoms with E-state index in [4.69, 9.17) is 11.6 Å². The second-order valence-corrected chi connectivity index (χ2v) is 8.34. The fraction of sp³-hybridized carbons (Fsp3) is 0.391. The number of aromatic amines is 1. The van der Waals surface area contributed by atoms with Gasteiger partial charge in [0.15, 0.2) is 0 Å². The zero-order valence-corrected chi connectivity index (χ0v) is 16.9. The molecule has 1 aromatic heterocycles. The molecular formula is C23H26ClFN2O. The standard InChI is InChI=1S/C23H26ClFN2O/c1-16-20(21-15-19(25)8-9-22(21)26-16)3-2-12-27-13-10-23(28,11-14-27)17-4-6-18(24)7-5-17/h4-9,15,26,28H,2-3,10-14H2,1H3. The third-order valence-electron chi connectivity index (χ3n) is 6.05. The summed E-state index contributed by atoms with van der Waals surface area (Å²) in [5, 5.41) is 12.7. The van der Waals surface area contributed by atoms with E-state index in [1.165, 1.54) is 11.6 Å². The lowest BCUT2D eigenvalue weighted by molar-refractivity contribution is -0.0259. The highest BCUT2D eigenvalue weighted by Gasteiger charge is 2.33. The van der Waals surface area contributed by atoms with E-state index in [1.807, 2.05) is 30.3 Å². The smallest absolute Gasteiger partial charge is 0.123 e. The Hall–Kier alpha value is -1.88. The van der Waals surface area contributed by atoms with Crippen LogP contribution in [0.15, 0.2) is 42.5 Å². The lowest BCUT2D eigenvalue weighted by Gasteiger charge is -2.38. The van der Waals surface area contributed by atoms with Crippen molar-refractivity contribution in [2.45, 2.75) is 38.2 Å². The topological polar surface area (TPSA) is 39.3 Å². The first-order valence-electron chi connectivity index (χ1n) is 9.92. The lowest BCUT2D eigenvalue weighted by Crippen LogP contribution is -2.42. The highest BCUT2D eigenvalue weighted by Crippen LogP contribution is 2.33. The van der Waals surface area contributed by atoms with Crippen molar-refractivity contribution in [3.8, 4) is 0 Å². The number of likely N-dealkylation sites (tertiary alicyclic amines) is 1. The summed E-state index contributed by atoms with van der Waals surface area (Å²) in [6.45, 7) is 4.79. The van der Waals surface area contributed by atoms with Gasteiger partial charge < -0.3 is 15.0 Å². The molecule has 0 aliphatic carbocycles. The van der Waals surface area contributed by atoms with E-state index in [1.54, 1.807) is 6.07 Å². The van der Waals surface area contributed by atoms with Crippen molar-refractivity contribution in [3.63, 3.8) is 0 Å². The van der Waals surface area contributed by atoms with Gasteiger partial charge in [0.25, 0.3) is 0 Å². The Morgan fingerprint density at radius 3 is 2.57 bits per heavy atom. The minimum atomic E-state index is -0.758. The number of nitrogens with one attached hydrogen (secondary N) is 1. The van der Waals surface area contributed by atoms with Gasteiger partial charge in [0.05, 0.1) is 5.60 Å². The third-order valence-corrected chi connectivity index (χ3v) is 6.30. The largest absolute Gasteiger partial charge is 0.385 e. The molecule has 148 valence electrons. The maximum atomic E-state index is 13.6. The van der Waals surface area contributed by atoms with Gasteiger partial charge in [0.1, 0.15) is 5.82 Å². The number of fused-ring (bicyclic) bond motifs is 1. The van der Waals surface area contributed by atoms with Gasteiger partial charge in [-0.1, -0.05) is 23.7 Å². The number of aromatic nitrogens is 1. The fourth-order valence-corrected chi connectivity index (χ4v) is 4.48. The summed E-state index contributed by atoms with van der Waals surface area (Å²) in [5.41, 5.74) is 3.53. The van der Waals surface area contributed by atoms with Crippen LogP contribution in [0.3, 0.4) is 0 Å². The molecule has 3 aromatic rings. The summed E-state index contributed by atoms with van der Waals surface area (Å²) in [5.74, 6) is -0.190. The molecule has 0 amide bonds. The fourth-order valence-electron chi connectivity index (χ4n) is 4.35. The highest BCUT2D eigenvalue weighted by atomic mass is 35.5. The van der Waals surface area contributed by atoms with Gasteiger partial charge in [-0.05, 0) is 80.6 Å². The maximum absolute atomic E-state index is 13.6. The van der Waals surface area contributed by atoms with Gasteiger partial charge >= 0.3 is 0 Å². The number of nitrogens with zero attached hydrogens (tertiary/aromatic N) is 1. The zero-order valence-electron chi connectivity index (χ0n) is 16.1. The van der Waals surface area contributed by atoms with Crippen molar-refractivity contribution in [2.24, 2.45) is 0 Å². The van der Waals surface area contributed by atoms with Crippen LogP contribution in [-0.2, 0) is 12.0 Å². The average Bonchev–Trinajstić information content (AvgIpc) is 2.99. The van der Waals surface area contributed by atoms with Crippen molar-refractivity contribution in [3.05, 3.63) is 70.1 Å². The number of hydrogen-bond donors (Lipinski definition) is 2. The summed E-state index contributed by atoms with van der Waals surface area (Å²) in [4.78, 5) is 5.76. The van der Waals surface area contributed by atoms with E-state index >= 15 is 0 Å². The molecule has 0 atom stereocenters. The first-order valence-corrected chi connectivity index (χ1v) is 10.3. The number of H-pyrrole nitrogens is 1. The predicted molar refractivity (Wildman–Crippen MR) is 112 cm³/mol. The summed E-state index contributed by atoms with van der Waals surface area (Å²) in [7, 11) is 0. The molecule has 2 N–H and O–H groups in total. The van der Waals surface area contributed by atoms with Gasteiger partial charge in [-0.3, -0.25) is 0 Å². The number of rotatable bonds is 5. The highest BCUT2D eigenvalue weighted by molar-refractivity contribution is 6.30.